The van der Waals surface area contributed by atoms with Gasteiger partial charge in [0, 0.05) is 25.7 Å². The van der Waals surface area contributed by atoms with Gasteiger partial charge in [-0.2, -0.15) is 11.3 Å². The molecule has 4 nitrogen and oxygen atoms in total. The zero-order valence-electron chi connectivity index (χ0n) is 11.0. The van der Waals surface area contributed by atoms with Crippen molar-refractivity contribution >= 4 is 11.3 Å². The van der Waals surface area contributed by atoms with Gasteiger partial charge in [-0.05, 0) is 36.2 Å². The van der Waals surface area contributed by atoms with Gasteiger partial charge in [0.2, 0.25) is 0 Å². The van der Waals surface area contributed by atoms with Crippen LogP contribution >= 0.6 is 11.3 Å². The zero-order chi connectivity index (χ0) is 13.2. The van der Waals surface area contributed by atoms with Crippen molar-refractivity contribution in [2.24, 2.45) is 5.73 Å². The van der Waals surface area contributed by atoms with Crippen LogP contribution in [0.2, 0.25) is 0 Å². The van der Waals surface area contributed by atoms with E-state index in [4.69, 9.17) is 10.5 Å². The van der Waals surface area contributed by atoms with E-state index in [1.165, 1.54) is 5.56 Å². The second-order valence-electron chi connectivity index (χ2n) is 5.42. The third-order valence-corrected chi connectivity index (χ3v) is 4.00. The molecular formula is C13H22N2O2S. The average Bonchev–Trinajstić information content (AvgIpc) is 2.81. The van der Waals surface area contributed by atoms with Gasteiger partial charge in [-0.15, -0.1) is 0 Å². The van der Waals surface area contributed by atoms with Crippen molar-refractivity contribution in [1.82, 2.24) is 4.90 Å². The first-order valence-electron chi connectivity index (χ1n) is 6.30. The normalized spacial score (nSPS) is 26.1. The van der Waals surface area contributed by atoms with Gasteiger partial charge in [0.05, 0.1) is 18.3 Å². The lowest BCUT2D eigenvalue weighted by Gasteiger charge is -2.45. The Morgan fingerprint density at radius 2 is 2.44 bits per heavy atom. The van der Waals surface area contributed by atoms with Gasteiger partial charge in [-0.25, -0.2) is 0 Å². The van der Waals surface area contributed by atoms with E-state index in [1.807, 2.05) is 0 Å². The molecule has 1 aliphatic heterocycles. The summed E-state index contributed by atoms with van der Waals surface area (Å²) in [6, 6.07) is 2.34. The molecule has 2 atom stereocenters. The highest BCUT2D eigenvalue weighted by Gasteiger charge is 2.36. The van der Waals surface area contributed by atoms with Crippen molar-refractivity contribution in [3.05, 3.63) is 22.4 Å². The molecule has 3 N–H and O–H groups in total. The van der Waals surface area contributed by atoms with Crippen LogP contribution in [0.5, 0.6) is 0 Å². The van der Waals surface area contributed by atoms with Crippen molar-refractivity contribution in [3.63, 3.8) is 0 Å². The minimum Gasteiger partial charge on any atom is -0.394 e. The van der Waals surface area contributed by atoms with E-state index >= 15 is 0 Å². The summed E-state index contributed by atoms with van der Waals surface area (Å²) in [5.74, 6) is 0. The summed E-state index contributed by atoms with van der Waals surface area (Å²) in [6.45, 7) is 6.33. The number of aliphatic hydroxyl groups is 1. The summed E-state index contributed by atoms with van der Waals surface area (Å²) < 4.78 is 5.84. The minimum absolute atomic E-state index is 0.0564. The summed E-state index contributed by atoms with van der Waals surface area (Å²) in [5.41, 5.74) is 6.95. The second-order valence-corrected chi connectivity index (χ2v) is 6.20. The second kappa shape index (κ2) is 5.67. The number of rotatable bonds is 4. The van der Waals surface area contributed by atoms with Crippen LogP contribution in [0.25, 0.3) is 0 Å². The number of ether oxygens (including phenoxy) is 1. The summed E-state index contributed by atoms with van der Waals surface area (Å²) in [6.07, 6.45) is -0.124. The highest BCUT2D eigenvalue weighted by Crippen LogP contribution is 2.29. The monoisotopic (exact) mass is 270 g/mol. The predicted molar refractivity (Wildman–Crippen MR) is 73.7 cm³/mol. The van der Waals surface area contributed by atoms with Crippen LogP contribution in [-0.2, 0) is 4.74 Å². The minimum atomic E-state index is -0.241. The summed E-state index contributed by atoms with van der Waals surface area (Å²) in [5, 5.41) is 13.6. The lowest BCUT2D eigenvalue weighted by Crippen LogP contribution is -2.55. The Hall–Kier alpha value is -0.460. The first-order chi connectivity index (χ1) is 8.55. The lowest BCUT2D eigenvalue weighted by molar-refractivity contribution is -0.156. The molecule has 2 heterocycles. The van der Waals surface area contributed by atoms with Crippen molar-refractivity contribution in [2.45, 2.75) is 31.6 Å². The Bertz CT molecular complexity index is 367. The van der Waals surface area contributed by atoms with Crippen LogP contribution in [0, 0.1) is 0 Å². The molecule has 102 valence electrons. The van der Waals surface area contributed by atoms with E-state index in [-0.39, 0.29) is 24.4 Å². The van der Waals surface area contributed by atoms with Crippen molar-refractivity contribution in [1.29, 1.82) is 0 Å². The maximum Gasteiger partial charge on any atom is 0.0940 e. The van der Waals surface area contributed by atoms with Crippen molar-refractivity contribution < 1.29 is 9.84 Å². The number of hydrogen-bond donors (Lipinski definition) is 2. The molecule has 1 saturated heterocycles. The molecule has 0 saturated carbocycles. The number of nitrogens with zero attached hydrogens (tertiary/aromatic N) is 1. The van der Waals surface area contributed by atoms with Crippen LogP contribution < -0.4 is 5.73 Å². The molecular weight excluding hydrogens is 248 g/mol. The summed E-state index contributed by atoms with van der Waals surface area (Å²) in [4.78, 5) is 2.33. The molecule has 1 aromatic heterocycles. The average molecular weight is 270 g/mol. The predicted octanol–water partition coefficient (Wildman–Crippen LogP) is 1.22. The van der Waals surface area contributed by atoms with Gasteiger partial charge in [-0.1, -0.05) is 0 Å². The lowest BCUT2D eigenvalue weighted by atomic mass is 10.0. The standard InChI is InChI=1S/C13H22N2O2S/c1-13(2)9-15(6-11(7-16)17-13)12(5-14)10-3-4-18-8-10/h3-4,8,11-12,16H,5-7,9,14H2,1-2H3. The molecule has 1 aromatic rings. The van der Waals surface area contributed by atoms with Gasteiger partial charge < -0.3 is 15.6 Å². The Labute approximate surface area is 112 Å². The van der Waals surface area contributed by atoms with E-state index in [2.05, 4.69) is 35.6 Å². The molecule has 0 radical (unpaired) electrons. The molecule has 1 aliphatic rings. The highest BCUT2D eigenvalue weighted by molar-refractivity contribution is 7.07. The first kappa shape index (κ1) is 14.0. The van der Waals surface area contributed by atoms with Crippen molar-refractivity contribution in [2.75, 3.05) is 26.2 Å². The topological polar surface area (TPSA) is 58.7 Å². The maximum atomic E-state index is 9.35. The Balaban J connectivity index is 2.15. The highest BCUT2D eigenvalue weighted by atomic mass is 32.1. The van der Waals surface area contributed by atoms with Crippen LogP contribution in [-0.4, -0.2) is 48.0 Å². The van der Waals surface area contributed by atoms with Gasteiger partial charge in [0.15, 0.2) is 0 Å². The first-order valence-corrected chi connectivity index (χ1v) is 7.25. The van der Waals surface area contributed by atoms with Gasteiger partial charge >= 0.3 is 0 Å². The Morgan fingerprint density at radius 1 is 1.67 bits per heavy atom. The van der Waals surface area contributed by atoms with Gasteiger partial charge in [0.25, 0.3) is 0 Å². The molecule has 18 heavy (non-hydrogen) atoms. The molecule has 0 spiro atoms. The Morgan fingerprint density at radius 3 is 3.00 bits per heavy atom. The zero-order valence-corrected chi connectivity index (χ0v) is 11.8. The van der Waals surface area contributed by atoms with Gasteiger partial charge in [-0.3, -0.25) is 4.90 Å². The fourth-order valence-electron chi connectivity index (χ4n) is 2.63. The van der Waals surface area contributed by atoms with E-state index in [1.54, 1.807) is 11.3 Å². The molecule has 0 amide bonds. The number of aliphatic hydroxyl groups excluding tert-OH is 1. The number of thiophene rings is 1. The SMILES string of the molecule is CC1(C)CN(C(CN)c2ccsc2)CC(CO)O1. The third kappa shape index (κ3) is 3.10. The smallest absolute Gasteiger partial charge is 0.0940 e. The fraction of sp³-hybridized carbons (Fsp3) is 0.692. The van der Waals surface area contributed by atoms with Crippen LogP contribution in [0.4, 0.5) is 0 Å². The quantitative estimate of drug-likeness (QED) is 0.864. The van der Waals surface area contributed by atoms with E-state index < -0.39 is 0 Å². The van der Waals surface area contributed by atoms with Crippen molar-refractivity contribution in [3.8, 4) is 0 Å². The van der Waals surface area contributed by atoms with E-state index in [9.17, 15) is 5.11 Å². The number of morpholine rings is 1. The Kier molecular flexibility index (Phi) is 4.40. The molecule has 0 aliphatic carbocycles. The van der Waals surface area contributed by atoms with Gasteiger partial charge in [0.1, 0.15) is 0 Å². The third-order valence-electron chi connectivity index (χ3n) is 3.30. The van der Waals surface area contributed by atoms with E-state index in [0.717, 1.165) is 13.1 Å². The number of nitrogens with two attached hydrogens (primary N) is 1. The molecule has 5 heteroatoms. The summed E-state index contributed by atoms with van der Waals surface area (Å²) in [7, 11) is 0. The maximum absolute atomic E-state index is 9.35. The molecule has 1 fully saturated rings. The summed E-state index contributed by atoms with van der Waals surface area (Å²) >= 11 is 1.69. The molecule has 0 aromatic carbocycles. The molecule has 2 rings (SSSR count). The van der Waals surface area contributed by atoms with Crippen LogP contribution in [0.3, 0.4) is 0 Å². The molecule has 2 unspecified atom stereocenters. The van der Waals surface area contributed by atoms with Crippen LogP contribution in [0.1, 0.15) is 25.5 Å². The largest absolute Gasteiger partial charge is 0.394 e. The number of hydrogen-bond acceptors (Lipinski definition) is 5. The van der Waals surface area contributed by atoms with Crippen LogP contribution in [0.15, 0.2) is 16.8 Å². The molecule has 0 bridgehead atoms. The van der Waals surface area contributed by atoms with E-state index in [0.29, 0.717) is 6.54 Å². The fourth-order valence-corrected chi connectivity index (χ4v) is 3.34.